The highest BCUT2D eigenvalue weighted by atomic mass is 127. The summed E-state index contributed by atoms with van der Waals surface area (Å²) in [6.45, 7) is 0. The van der Waals surface area contributed by atoms with Crippen molar-refractivity contribution in [3.63, 3.8) is 0 Å². The highest BCUT2D eigenvalue weighted by Crippen LogP contribution is 2.29. The Bertz CT molecular complexity index is 262. The van der Waals surface area contributed by atoms with Gasteiger partial charge in [-0.15, -0.1) is 11.8 Å². The van der Waals surface area contributed by atoms with Gasteiger partial charge in [0, 0.05) is 4.90 Å². The maximum Gasteiger partial charge on any atom is 0.153 e. The van der Waals surface area contributed by atoms with Crippen LogP contribution in [0.5, 0.6) is 5.75 Å². The van der Waals surface area contributed by atoms with Gasteiger partial charge in [0.15, 0.2) is 5.82 Å². The van der Waals surface area contributed by atoms with Gasteiger partial charge in [-0.25, -0.2) is 4.39 Å². The van der Waals surface area contributed by atoms with E-state index in [0.717, 1.165) is 0 Å². The second kappa shape index (κ2) is 4.32. The number of ether oxygens (including phenoxy) is 1. The molecule has 0 heterocycles. The van der Waals surface area contributed by atoms with Gasteiger partial charge in [0.05, 0.1) is 10.7 Å². The average molecular weight is 298 g/mol. The Morgan fingerprint density at radius 3 is 2.67 bits per heavy atom. The van der Waals surface area contributed by atoms with Crippen LogP contribution in [0.15, 0.2) is 17.0 Å². The van der Waals surface area contributed by atoms with Gasteiger partial charge in [-0.2, -0.15) is 0 Å². The standard InChI is InChI=1S/C8H8FIOS/c1-11-5-3-4-6(12-2)7(9)8(5)10/h3-4H,1-2H3. The van der Waals surface area contributed by atoms with E-state index >= 15 is 0 Å². The summed E-state index contributed by atoms with van der Waals surface area (Å²) in [5, 5.41) is 0. The molecule has 1 nitrogen and oxygen atoms in total. The smallest absolute Gasteiger partial charge is 0.153 e. The monoisotopic (exact) mass is 298 g/mol. The predicted octanol–water partition coefficient (Wildman–Crippen LogP) is 3.16. The van der Waals surface area contributed by atoms with E-state index in [0.29, 0.717) is 14.2 Å². The molecule has 1 aromatic carbocycles. The Hall–Kier alpha value is 0.0300. The van der Waals surface area contributed by atoms with Crippen molar-refractivity contribution in [3.8, 4) is 5.75 Å². The van der Waals surface area contributed by atoms with Crippen LogP contribution in [-0.2, 0) is 0 Å². The van der Waals surface area contributed by atoms with Crippen LogP contribution < -0.4 is 4.74 Å². The highest BCUT2D eigenvalue weighted by molar-refractivity contribution is 14.1. The molecule has 0 aromatic heterocycles. The lowest BCUT2D eigenvalue weighted by Gasteiger charge is -2.06. The van der Waals surface area contributed by atoms with E-state index in [-0.39, 0.29) is 5.82 Å². The molecule has 0 amide bonds. The van der Waals surface area contributed by atoms with Crippen molar-refractivity contribution in [2.75, 3.05) is 13.4 Å². The SMILES string of the molecule is COc1ccc(SC)c(F)c1I. The Morgan fingerprint density at radius 1 is 1.50 bits per heavy atom. The van der Waals surface area contributed by atoms with Gasteiger partial charge in [-0.3, -0.25) is 0 Å². The molecule has 4 heteroatoms. The molecule has 0 fully saturated rings. The molecule has 0 saturated carbocycles. The summed E-state index contributed by atoms with van der Waals surface area (Å²) >= 11 is 3.33. The first-order chi connectivity index (χ1) is 5.70. The average Bonchev–Trinajstić information content (AvgIpc) is 2.10. The van der Waals surface area contributed by atoms with Crippen LogP contribution in [0.3, 0.4) is 0 Å². The molecule has 0 radical (unpaired) electrons. The maximum atomic E-state index is 13.3. The first kappa shape index (κ1) is 10.1. The summed E-state index contributed by atoms with van der Waals surface area (Å²) < 4.78 is 18.9. The Kier molecular flexibility index (Phi) is 3.64. The van der Waals surface area contributed by atoms with Gasteiger partial charge >= 0.3 is 0 Å². The van der Waals surface area contributed by atoms with Gasteiger partial charge in [0.2, 0.25) is 0 Å². The number of hydrogen-bond acceptors (Lipinski definition) is 2. The van der Waals surface area contributed by atoms with Crippen LogP contribution >= 0.6 is 34.4 Å². The quantitative estimate of drug-likeness (QED) is 0.613. The lowest BCUT2D eigenvalue weighted by atomic mass is 10.3. The maximum absolute atomic E-state index is 13.3. The third-order valence-corrected chi connectivity index (χ3v) is 3.21. The fraction of sp³-hybridized carbons (Fsp3) is 0.250. The minimum Gasteiger partial charge on any atom is -0.496 e. The van der Waals surface area contributed by atoms with Crippen molar-refractivity contribution < 1.29 is 9.13 Å². The lowest BCUT2D eigenvalue weighted by molar-refractivity contribution is 0.406. The van der Waals surface area contributed by atoms with Crippen LogP contribution in [0.1, 0.15) is 0 Å². The van der Waals surface area contributed by atoms with E-state index in [1.165, 1.54) is 18.9 Å². The van der Waals surface area contributed by atoms with E-state index in [2.05, 4.69) is 0 Å². The molecule has 0 atom stereocenters. The van der Waals surface area contributed by atoms with E-state index < -0.39 is 0 Å². The second-order valence-corrected chi connectivity index (χ2v) is 4.02. The van der Waals surface area contributed by atoms with Gasteiger partial charge in [0.25, 0.3) is 0 Å². The summed E-state index contributed by atoms with van der Waals surface area (Å²) in [7, 11) is 1.54. The molecule has 0 bridgehead atoms. The summed E-state index contributed by atoms with van der Waals surface area (Å²) in [4.78, 5) is 0.653. The van der Waals surface area contributed by atoms with Crippen LogP contribution in [0.25, 0.3) is 0 Å². The van der Waals surface area contributed by atoms with Crippen LogP contribution in [0, 0.1) is 9.39 Å². The topological polar surface area (TPSA) is 9.23 Å². The van der Waals surface area contributed by atoms with Crippen molar-refractivity contribution in [1.82, 2.24) is 0 Å². The molecular weight excluding hydrogens is 290 g/mol. The summed E-state index contributed by atoms with van der Waals surface area (Å²) in [6, 6.07) is 3.50. The molecule has 0 aliphatic heterocycles. The lowest BCUT2D eigenvalue weighted by Crippen LogP contribution is -1.92. The molecular formula is C8H8FIOS. The molecule has 0 unspecified atom stereocenters. The van der Waals surface area contributed by atoms with Crippen LogP contribution in [0.4, 0.5) is 4.39 Å². The van der Waals surface area contributed by atoms with Gasteiger partial charge in [-0.1, -0.05) is 0 Å². The van der Waals surface area contributed by atoms with Crippen molar-refractivity contribution in [3.05, 3.63) is 21.5 Å². The number of benzene rings is 1. The number of rotatable bonds is 2. The molecule has 0 saturated heterocycles. The molecule has 0 N–H and O–H groups in total. The van der Waals surface area contributed by atoms with Crippen molar-refractivity contribution in [2.45, 2.75) is 4.90 Å². The molecule has 66 valence electrons. The van der Waals surface area contributed by atoms with E-state index in [1.54, 1.807) is 12.1 Å². The first-order valence-electron chi connectivity index (χ1n) is 3.26. The van der Waals surface area contributed by atoms with Crippen molar-refractivity contribution in [2.24, 2.45) is 0 Å². The largest absolute Gasteiger partial charge is 0.496 e. The highest BCUT2D eigenvalue weighted by Gasteiger charge is 2.09. The van der Waals surface area contributed by atoms with Crippen molar-refractivity contribution >= 4 is 34.4 Å². The van der Waals surface area contributed by atoms with Crippen molar-refractivity contribution in [1.29, 1.82) is 0 Å². The summed E-state index contributed by atoms with van der Waals surface area (Å²) in [5.41, 5.74) is 0. The molecule has 12 heavy (non-hydrogen) atoms. The molecule has 1 aromatic rings. The normalized spacial score (nSPS) is 10.0. The van der Waals surface area contributed by atoms with Crippen LogP contribution in [-0.4, -0.2) is 13.4 Å². The summed E-state index contributed by atoms with van der Waals surface area (Å²) in [6.07, 6.45) is 1.85. The number of hydrogen-bond donors (Lipinski definition) is 0. The van der Waals surface area contributed by atoms with E-state index in [4.69, 9.17) is 4.74 Å². The fourth-order valence-electron chi connectivity index (χ4n) is 0.829. The summed E-state index contributed by atoms with van der Waals surface area (Å²) in [5.74, 6) is 0.397. The van der Waals surface area contributed by atoms with Gasteiger partial charge < -0.3 is 4.74 Å². The number of halogens is 2. The third kappa shape index (κ3) is 1.85. The molecule has 1 rings (SSSR count). The Balaban J connectivity index is 3.20. The number of thioether (sulfide) groups is 1. The van der Waals surface area contributed by atoms with E-state index in [9.17, 15) is 4.39 Å². The zero-order valence-corrected chi connectivity index (χ0v) is 9.70. The number of methoxy groups -OCH3 is 1. The zero-order chi connectivity index (χ0) is 9.14. The van der Waals surface area contributed by atoms with Gasteiger partial charge in [-0.05, 0) is 41.0 Å². The minimum atomic E-state index is -0.192. The fourth-order valence-corrected chi connectivity index (χ4v) is 2.19. The van der Waals surface area contributed by atoms with Crippen LogP contribution in [0.2, 0.25) is 0 Å². The molecule has 0 aliphatic rings. The Morgan fingerprint density at radius 2 is 2.17 bits per heavy atom. The molecule has 0 aliphatic carbocycles. The zero-order valence-electron chi connectivity index (χ0n) is 6.73. The van der Waals surface area contributed by atoms with Gasteiger partial charge in [0.1, 0.15) is 5.75 Å². The molecule has 0 spiro atoms. The second-order valence-electron chi connectivity index (χ2n) is 2.10. The first-order valence-corrected chi connectivity index (χ1v) is 5.57. The van der Waals surface area contributed by atoms with E-state index in [1.807, 2.05) is 28.8 Å². The predicted molar refractivity (Wildman–Crippen MR) is 57.5 cm³/mol. The Labute approximate surface area is 88.8 Å². The minimum absolute atomic E-state index is 0.192. The third-order valence-electron chi connectivity index (χ3n) is 1.45.